The Morgan fingerprint density at radius 3 is 2.59 bits per heavy atom. The maximum absolute atomic E-state index is 9.01. The van der Waals surface area contributed by atoms with Gasteiger partial charge in [0.25, 0.3) is 0 Å². The van der Waals surface area contributed by atoms with Crippen LogP contribution in [0.1, 0.15) is 11.4 Å². The van der Waals surface area contributed by atoms with Crippen LogP contribution in [-0.4, -0.2) is 9.55 Å². The normalized spacial score (nSPS) is 10.3. The van der Waals surface area contributed by atoms with Crippen molar-refractivity contribution in [2.24, 2.45) is 7.05 Å². The maximum atomic E-state index is 9.01. The maximum Gasteiger partial charge on any atom is 0.143 e. The van der Waals surface area contributed by atoms with Crippen LogP contribution in [0.3, 0.4) is 0 Å². The number of aromatic nitrogens is 2. The van der Waals surface area contributed by atoms with E-state index in [1.165, 1.54) is 0 Å². The second-order valence-electron chi connectivity index (χ2n) is 3.66. The number of imidazole rings is 1. The van der Waals surface area contributed by atoms with Crippen LogP contribution in [0, 0.1) is 18.3 Å². The molecule has 0 spiro atoms. The van der Waals surface area contributed by atoms with Crippen molar-refractivity contribution in [2.75, 3.05) is 0 Å². The van der Waals surface area contributed by atoms with E-state index in [1.807, 2.05) is 0 Å². The molecule has 0 amide bonds. The molecule has 0 saturated heterocycles. The van der Waals surface area contributed by atoms with Gasteiger partial charge in [-0.3, -0.25) is 0 Å². The van der Waals surface area contributed by atoms with Gasteiger partial charge in [-0.05, 0) is 25.1 Å². The van der Waals surface area contributed by atoms with Crippen molar-refractivity contribution in [2.45, 2.75) is 6.92 Å². The number of rotatable bonds is 1. The van der Waals surface area contributed by atoms with Gasteiger partial charge in [0.2, 0.25) is 0 Å². The molecular formula is C12H9Cl2N3. The molecule has 2 rings (SSSR count). The topological polar surface area (TPSA) is 41.6 Å². The molecule has 17 heavy (non-hydrogen) atoms. The fraction of sp³-hybridized carbons (Fsp3) is 0.167. The SMILES string of the molecule is Cc1nc(-c2ccc(Cl)cc2Cl)n(C)c1C#N. The lowest BCUT2D eigenvalue weighted by atomic mass is 10.2. The number of hydrogen-bond acceptors (Lipinski definition) is 2. The van der Waals surface area contributed by atoms with E-state index < -0.39 is 0 Å². The second-order valence-corrected chi connectivity index (χ2v) is 4.51. The minimum Gasteiger partial charge on any atom is -0.319 e. The molecule has 0 saturated carbocycles. The van der Waals surface area contributed by atoms with Gasteiger partial charge in [-0.15, -0.1) is 0 Å². The third-order valence-corrected chi connectivity index (χ3v) is 3.10. The van der Waals surface area contributed by atoms with Crippen molar-refractivity contribution >= 4 is 23.2 Å². The molecule has 0 bridgehead atoms. The van der Waals surface area contributed by atoms with E-state index in [0.717, 1.165) is 5.56 Å². The number of nitriles is 1. The predicted molar refractivity (Wildman–Crippen MR) is 68.1 cm³/mol. The average molecular weight is 266 g/mol. The molecule has 0 N–H and O–H groups in total. The number of aryl methyl sites for hydroxylation is 1. The van der Waals surface area contributed by atoms with Crippen LogP contribution in [0.2, 0.25) is 10.0 Å². The predicted octanol–water partition coefficient (Wildman–Crippen LogP) is 3.57. The molecule has 0 unspecified atom stereocenters. The van der Waals surface area contributed by atoms with Crippen molar-refractivity contribution in [3.8, 4) is 17.5 Å². The van der Waals surface area contributed by atoms with Crippen LogP contribution in [0.25, 0.3) is 11.4 Å². The minimum absolute atomic E-state index is 0.523. The highest BCUT2D eigenvalue weighted by molar-refractivity contribution is 6.36. The van der Waals surface area contributed by atoms with Crippen LogP contribution in [-0.2, 0) is 7.05 Å². The summed E-state index contributed by atoms with van der Waals surface area (Å²) in [5, 5.41) is 10.1. The quantitative estimate of drug-likeness (QED) is 0.791. The molecule has 0 aliphatic rings. The summed E-state index contributed by atoms with van der Waals surface area (Å²) in [5.74, 6) is 0.667. The first kappa shape index (κ1) is 12.0. The summed E-state index contributed by atoms with van der Waals surface area (Å²) >= 11 is 12.0. The van der Waals surface area contributed by atoms with E-state index >= 15 is 0 Å². The van der Waals surface area contributed by atoms with E-state index in [4.69, 9.17) is 28.5 Å². The van der Waals surface area contributed by atoms with E-state index in [2.05, 4.69) is 11.1 Å². The molecule has 0 fully saturated rings. The lowest BCUT2D eigenvalue weighted by Crippen LogP contribution is -1.96. The van der Waals surface area contributed by atoms with Crippen molar-refractivity contribution in [1.29, 1.82) is 5.26 Å². The Hall–Kier alpha value is -1.50. The van der Waals surface area contributed by atoms with Gasteiger partial charge in [-0.1, -0.05) is 23.2 Å². The molecule has 1 aromatic carbocycles. The highest BCUT2D eigenvalue weighted by atomic mass is 35.5. The monoisotopic (exact) mass is 265 g/mol. The first-order chi connectivity index (χ1) is 8.04. The third kappa shape index (κ3) is 2.02. The minimum atomic E-state index is 0.523. The van der Waals surface area contributed by atoms with Crippen LogP contribution in [0.4, 0.5) is 0 Å². The standard InChI is InChI=1S/C12H9Cl2N3/c1-7-11(6-15)17(2)12(16-7)9-4-3-8(13)5-10(9)14/h3-5H,1-2H3. The molecular weight excluding hydrogens is 257 g/mol. The number of hydrogen-bond donors (Lipinski definition) is 0. The van der Waals surface area contributed by atoms with E-state index in [-0.39, 0.29) is 0 Å². The van der Waals surface area contributed by atoms with Crippen LogP contribution in [0.15, 0.2) is 18.2 Å². The molecule has 0 radical (unpaired) electrons. The zero-order valence-electron chi connectivity index (χ0n) is 9.33. The lowest BCUT2D eigenvalue weighted by molar-refractivity contribution is 0.906. The van der Waals surface area contributed by atoms with Gasteiger partial charge in [0, 0.05) is 17.6 Å². The Morgan fingerprint density at radius 1 is 1.35 bits per heavy atom. The van der Waals surface area contributed by atoms with Crippen LogP contribution < -0.4 is 0 Å². The van der Waals surface area contributed by atoms with Crippen molar-refractivity contribution in [3.05, 3.63) is 39.6 Å². The van der Waals surface area contributed by atoms with Gasteiger partial charge in [-0.25, -0.2) is 4.98 Å². The highest BCUT2D eigenvalue weighted by Crippen LogP contribution is 2.30. The van der Waals surface area contributed by atoms with Gasteiger partial charge in [0.05, 0.1) is 10.7 Å². The summed E-state index contributed by atoms with van der Waals surface area (Å²) in [6, 6.07) is 7.33. The summed E-state index contributed by atoms with van der Waals surface area (Å²) < 4.78 is 1.73. The van der Waals surface area contributed by atoms with Gasteiger partial charge in [0.15, 0.2) is 0 Å². The van der Waals surface area contributed by atoms with Gasteiger partial charge >= 0.3 is 0 Å². The Labute approximate surface area is 109 Å². The second kappa shape index (κ2) is 4.40. The zero-order chi connectivity index (χ0) is 12.6. The van der Waals surface area contributed by atoms with E-state index in [0.29, 0.717) is 27.3 Å². The fourth-order valence-electron chi connectivity index (χ4n) is 1.70. The summed E-state index contributed by atoms with van der Waals surface area (Å²) in [7, 11) is 1.79. The summed E-state index contributed by atoms with van der Waals surface area (Å²) in [4.78, 5) is 4.35. The zero-order valence-corrected chi connectivity index (χ0v) is 10.8. The van der Waals surface area contributed by atoms with Crippen molar-refractivity contribution in [3.63, 3.8) is 0 Å². The number of benzene rings is 1. The molecule has 3 nitrogen and oxygen atoms in total. The molecule has 1 heterocycles. The fourth-order valence-corrected chi connectivity index (χ4v) is 2.20. The molecule has 86 valence electrons. The Kier molecular flexibility index (Phi) is 3.10. The molecule has 0 atom stereocenters. The smallest absolute Gasteiger partial charge is 0.143 e. The average Bonchev–Trinajstić information content (AvgIpc) is 2.54. The Balaban J connectivity index is 2.66. The highest BCUT2D eigenvalue weighted by Gasteiger charge is 2.15. The first-order valence-electron chi connectivity index (χ1n) is 4.93. The van der Waals surface area contributed by atoms with Gasteiger partial charge in [0.1, 0.15) is 17.6 Å². The number of halogens is 2. The number of nitrogens with zero attached hydrogens (tertiary/aromatic N) is 3. The van der Waals surface area contributed by atoms with Crippen molar-refractivity contribution in [1.82, 2.24) is 9.55 Å². The molecule has 5 heteroatoms. The largest absolute Gasteiger partial charge is 0.319 e. The molecule has 0 aliphatic heterocycles. The van der Waals surface area contributed by atoms with Crippen LogP contribution >= 0.6 is 23.2 Å². The summed E-state index contributed by atoms with van der Waals surface area (Å²) in [6.07, 6.45) is 0. The third-order valence-electron chi connectivity index (χ3n) is 2.55. The van der Waals surface area contributed by atoms with Crippen LogP contribution in [0.5, 0.6) is 0 Å². The molecule has 2 aromatic rings. The van der Waals surface area contributed by atoms with Crippen molar-refractivity contribution < 1.29 is 0 Å². The first-order valence-corrected chi connectivity index (χ1v) is 5.69. The summed E-state index contributed by atoms with van der Waals surface area (Å²) in [5.41, 5.74) is 1.99. The van der Waals surface area contributed by atoms with Gasteiger partial charge in [-0.2, -0.15) is 5.26 Å². The molecule has 1 aromatic heterocycles. The Bertz CT molecular complexity index is 623. The van der Waals surface area contributed by atoms with E-state index in [9.17, 15) is 0 Å². The molecule has 0 aliphatic carbocycles. The van der Waals surface area contributed by atoms with Gasteiger partial charge < -0.3 is 4.57 Å². The lowest BCUT2D eigenvalue weighted by Gasteiger charge is -2.05. The van der Waals surface area contributed by atoms with E-state index in [1.54, 1.807) is 36.7 Å². The summed E-state index contributed by atoms with van der Waals surface area (Å²) in [6.45, 7) is 1.80. The Morgan fingerprint density at radius 2 is 2.06 bits per heavy atom.